The molecule has 1 aromatic rings. The quantitative estimate of drug-likeness (QED) is 0.878. The number of rotatable bonds is 3. The molecule has 0 saturated heterocycles. The summed E-state index contributed by atoms with van der Waals surface area (Å²) in [6.45, 7) is 2.25. The molecule has 18 heavy (non-hydrogen) atoms. The molecule has 2 atom stereocenters. The van der Waals surface area contributed by atoms with Gasteiger partial charge in [-0.3, -0.25) is 4.79 Å². The van der Waals surface area contributed by atoms with E-state index in [1.165, 1.54) is 13.0 Å². The van der Waals surface area contributed by atoms with Gasteiger partial charge in [-0.05, 0) is 24.6 Å². The van der Waals surface area contributed by atoms with Crippen molar-refractivity contribution in [1.29, 1.82) is 0 Å². The molecule has 0 bridgehead atoms. The molecule has 1 aromatic carbocycles. The van der Waals surface area contributed by atoms with Gasteiger partial charge in [0.15, 0.2) is 11.5 Å². The van der Waals surface area contributed by atoms with Crippen LogP contribution < -0.4 is 9.47 Å². The van der Waals surface area contributed by atoms with Crippen molar-refractivity contribution in [1.82, 2.24) is 0 Å². The van der Waals surface area contributed by atoms with Gasteiger partial charge in [-0.2, -0.15) is 0 Å². The van der Waals surface area contributed by atoms with Gasteiger partial charge in [-0.25, -0.2) is 0 Å². The Hall–Kier alpha value is -1.46. The maximum Gasteiger partial charge on any atom is 0.309 e. The van der Waals surface area contributed by atoms with E-state index in [-0.39, 0.29) is 0 Å². The Balaban J connectivity index is 2.35. The number of carbonyl (C=O) groups is 1. The van der Waals surface area contributed by atoms with Crippen LogP contribution in [0.2, 0.25) is 5.02 Å². The normalized spacial score (nSPS) is 17.1. The van der Waals surface area contributed by atoms with Crippen molar-refractivity contribution in [3.05, 3.63) is 22.7 Å². The van der Waals surface area contributed by atoms with Crippen LogP contribution in [0.5, 0.6) is 11.5 Å². The number of carboxylic acid groups (broad SMARTS) is 1. The Labute approximate surface area is 109 Å². The van der Waals surface area contributed by atoms with Crippen molar-refractivity contribution in [3.63, 3.8) is 0 Å². The summed E-state index contributed by atoms with van der Waals surface area (Å²) in [4.78, 5) is 10.8. The van der Waals surface area contributed by atoms with E-state index in [4.69, 9.17) is 26.2 Å². The lowest BCUT2D eigenvalue weighted by Crippen LogP contribution is -2.20. The minimum absolute atomic E-state index is 0.304. The van der Waals surface area contributed by atoms with E-state index in [1.807, 2.05) is 0 Å². The summed E-state index contributed by atoms with van der Waals surface area (Å²) in [6, 6.07) is 3.06. The molecule has 2 unspecified atom stereocenters. The summed E-state index contributed by atoms with van der Waals surface area (Å²) >= 11 is 6.01. The zero-order valence-electron chi connectivity index (χ0n) is 9.72. The fourth-order valence-electron chi connectivity index (χ4n) is 1.73. The lowest BCUT2D eigenvalue weighted by Gasteiger charge is -2.22. The van der Waals surface area contributed by atoms with E-state index in [0.29, 0.717) is 35.3 Å². The van der Waals surface area contributed by atoms with E-state index in [9.17, 15) is 9.90 Å². The standard InChI is InChI=1S/C12H13ClO5/c1-6(12(15)16)10(14)7-4-8(13)11-9(5-7)17-2-3-18-11/h4-6,10,14H,2-3H2,1H3,(H,15,16). The van der Waals surface area contributed by atoms with Gasteiger partial charge in [0.2, 0.25) is 0 Å². The highest BCUT2D eigenvalue weighted by atomic mass is 35.5. The first-order valence-electron chi connectivity index (χ1n) is 5.50. The molecule has 0 fully saturated rings. The second kappa shape index (κ2) is 5.04. The molecule has 2 N–H and O–H groups in total. The molecule has 98 valence electrons. The molecular weight excluding hydrogens is 260 g/mol. The number of benzene rings is 1. The average Bonchev–Trinajstić information content (AvgIpc) is 2.36. The van der Waals surface area contributed by atoms with Crippen molar-refractivity contribution >= 4 is 17.6 Å². The summed E-state index contributed by atoms with van der Waals surface area (Å²) in [6.07, 6.45) is -1.14. The molecule has 5 nitrogen and oxygen atoms in total. The van der Waals surface area contributed by atoms with Crippen molar-refractivity contribution in [3.8, 4) is 11.5 Å². The van der Waals surface area contributed by atoms with Gasteiger partial charge in [-0.15, -0.1) is 0 Å². The Morgan fingerprint density at radius 3 is 2.72 bits per heavy atom. The summed E-state index contributed by atoms with van der Waals surface area (Å²) in [5, 5.41) is 19.1. The van der Waals surface area contributed by atoms with Crippen molar-refractivity contribution in [2.24, 2.45) is 5.92 Å². The first kappa shape index (κ1) is 13.0. The Bertz CT molecular complexity index is 474. The number of aliphatic carboxylic acids is 1. The summed E-state index contributed by atoms with van der Waals surface area (Å²) < 4.78 is 10.7. The van der Waals surface area contributed by atoms with Crippen LogP contribution in [0.4, 0.5) is 0 Å². The van der Waals surface area contributed by atoms with Crippen LogP contribution in [-0.2, 0) is 4.79 Å². The maximum absolute atomic E-state index is 10.8. The van der Waals surface area contributed by atoms with E-state index < -0.39 is 18.0 Å². The molecule has 0 aromatic heterocycles. The first-order valence-corrected chi connectivity index (χ1v) is 5.88. The lowest BCUT2D eigenvalue weighted by atomic mass is 9.97. The predicted molar refractivity (Wildman–Crippen MR) is 64.2 cm³/mol. The highest BCUT2D eigenvalue weighted by Crippen LogP contribution is 2.40. The number of aliphatic hydroxyl groups excluding tert-OH is 1. The zero-order chi connectivity index (χ0) is 13.3. The fourth-order valence-corrected chi connectivity index (χ4v) is 2.00. The highest BCUT2D eigenvalue weighted by Gasteiger charge is 2.26. The van der Waals surface area contributed by atoms with Crippen LogP contribution in [0.25, 0.3) is 0 Å². The number of fused-ring (bicyclic) bond motifs is 1. The minimum Gasteiger partial charge on any atom is -0.486 e. The van der Waals surface area contributed by atoms with Crippen LogP contribution in [0, 0.1) is 5.92 Å². The zero-order valence-corrected chi connectivity index (χ0v) is 10.5. The Morgan fingerprint density at radius 1 is 1.39 bits per heavy atom. The fraction of sp³-hybridized carbons (Fsp3) is 0.417. The summed E-state index contributed by atoms with van der Waals surface area (Å²) in [5.74, 6) is -1.14. The van der Waals surface area contributed by atoms with E-state index >= 15 is 0 Å². The van der Waals surface area contributed by atoms with Gasteiger partial charge < -0.3 is 19.7 Å². The third-order valence-corrected chi connectivity index (χ3v) is 3.10. The number of hydrogen-bond acceptors (Lipinski definition) is 4. The molecule has 2 rings (SSSR count). The first-order chi connectivity index (χ1) is 8.50. The highest BCUT2D eigenvalue weighted by molar-refractivity contribution is 6.32. The van der Waals surface area contributed by atoms with Crippen molar-refractivity contribution in [2.75, 3.05) is 13.2 Å². The molecule has 0 spiro atoms. The summed E-state index contributed by atoms with van der Waals surface area (Å²) in [7, 11) is 0. The van der Waals surface area contributed by atoms with E-state index in [0.717, 1.165) is 0 Å². The lowest BCUT2D eigenvalue weighted by molar-refractivity contribution is -0.145. The Morgan fingerprint density at radius 2 is 2.06 bits per heavy atom. The Kier molecular flexibility index (Phi) is 3.63. The monoisotopic (exact) mass is 272 g/mol. The SMILES string of the molecule is CC(C(=O)O)C(O)c1cc(Cl)c2c(c1)OCCO2. The number of ether oxygens (including phenoxy) is 2. The van der Waals surface area contributed by atoms with Gasteiger partial charge in [0, 0.05) is 0 Å². The van der Waals surface area contributed by atoms with Gasteiger partial charge >= 0.3 is 5.97 Å². The number of hydrogen-bond donors (Lipinski definition) is 2. The molecule has 6 heteroatoms. The molecule has 1 aliphatic rings. The van der Waals surface area contributed by atoms with Crippen molar-refractivity contribution in [2.45, 2.75) is 13.0 Å². The topological polar surface area (TPSA) is 76.0 Å². The largest absolute Gasteiger partial charge is 0.486 e. The van der Waals surface area contributed by atoms with Gasteiger partial charge in [0.25, 0.3) is 0 Å². The van der Waals surface area contributed by atoms with Crippen LogP contribution in [-0.4, -0.2) is 29.4 Å². The number of carboxylic acids is 1. The molecule has 1 heterocycles. The van der Waals surface area contributed by atoms with Crippen molar-refractivity contribution < 1.29 is 24.5 Å². The maximum atomic E-state index is 10.8. The molecule has 1 aliphatic heterocycles. The molecule has 0 radical (unpaired) electrons. The van der Waals surface area contributed by atoms with Gasteiger partial charge in [-0.1, -0.05) is 11.6 Å². The number of aliphatic hydroxyl groups is 1. The smallest absolute Gasteiger partial charge is 0.309 e. The molecule has 0 amide bonds. The van der Waals surface area contributed by atoms with Gasteiger partial charge in [0.1, 0.15) is 13.2 Å². The van der Waals surface area contributed by atoms with Crippen LogP contribution >= 0.6 is 11.6 Å². The van der Waals surface area contributed by atoms with Crippen LogP contribution in [0.1, 0.15) is 18.6 Å². The van der Waals surface area contributed by atoms with Crippen LogP contribution in [0.3, 0.4) is 0 Å². The molecule has 0 aliphatic carbocycles. The van der Waals surface area contributed by atoms with Crippen LogP contribution in [0.15, 0.2) is 12.1 Å². The molecule has 0 saturated carbocycles. The third-order valence-electron chi connectivity index (χ3n) is 2.82. The van der Waals surface area contributed by atoms with Gasteiger partial charge in [0.05, 0.1) is 17.0 Å². The molecular formula is C12H13ClO5. The second-order valence-corrected chi connectivity index (χ2v) is 4.51. The average molecular weight is 273 g/mol. The second-order valence-electron chi connectivity index (χ2n) is 4.10. The van der Waals surface area contributed by atoms with E-state index in [2.05, 4.69) is 0 Å². The minimum atomic E-state index is -1.14. The number of halogens is 1. The summed E-state index contributed by atoms with van der Waals surface area (Å²) in [5.41, 5.74) is 0.402. The predicted octanol–water partition coefficient (Wildman–Crippen LogP) is 1.87. The third kappa shape index (κ3) is 2.37. The van der Waals surface area contributed by atoms with E-state index in [1.54, 1.807) is 6.07 Å².